The first-order chi connectivity index (χ1) is 9.19. The van der Waals surface area contributed by atoms with E-state index in [0.717, 1.165) is 6.42 Å². The average molecular weight is 341 g/mol. The molecule has 2 unspecified atom stereocenters. The number of anilines is 1. The number of hydrogen-bond donors (Lipinski definition) is 3. The normalized spacial score (nSPS) is 15.1. The summed E-state index contributed by atoms with van der Waals surface area (Å²) in [6, 6.07) is 2.45. The van der Waals surface area contributed by atoms with Crippen LogP contribution in [0.25, 0.3) is 0 Å². The van der Waals surface area contributed by atoms with Gasteiger partial charge in [-0.2, -0.15) is 0 Å². The Balaban J connectivity index is 2.90. The van der Waals surface area contributed by atoms with Crippen molar-refractivity contribution in [3.8, 4) is 0 Å². The third kappa shape index (κ3) is 4.23. The Labute approximate surface area is 129 Å². The Morgan fingerprint density at radius 2 is 1.85 bits per heavy atom. The van der Waals surface area contributed by atoms with E-state index in [0.29, 0.717) is 0 Å². The SMILES string of the molecule is CCC(C)C(O)CNS(=O)(=O)c1cc(Cl)c(N)c(Cl)c1. The van der Waals surface area contributed by atoms with Crippen LogP contribution in [-0.2, 0) is 10.0 Å². The van der Waals surface area contributed by atoms with Crippen LogP contribution in [-0.4, -0.2) is 26.2 Å². The van der Waals surface area contributed by atoms with Gasteiger partial charge in [0, 0.05) is 6.54 Å². The van der Waals surface area contributed by atoms with E-state index in [4.69, 9.17) is 28.9 Å². The molecule has 1 rings (SSSR count). The Morgan fingerprint density at radius 3 is 2.30 bits per heavy atom. The van der Waals surface area contributed by atoms with E-state index < -0.39 is 16.1 Å². The number of nitrogens with one attached hydrogen (secondary N) is 1. The van der Waals surface area contributed by atoms with Gasteiger partial charge in [-0.15, -0.1) is 0 Å². The molecule has 0 fully saturated rings. The van der Waals surface area contributed by atoms with Crippen molar-refractivity contribution in [2.24, 2.45) is 5.92 Å². The maximum absolute atomic E-state index is 12.1. The average Bonchev–Trinajstić information content (AvgIpc) is 2.40. The van der Waals surface area contributed by atoms with E-state index in [2.05, 4.69) is 4.72 Å². The van der Waals surface area contributed by atoms with E-state index in [1.165, 1.54) is 12.1 Å². The minimum atomic E-state index is -3.79. The molecule has 0 aromatic heterocycles. The lowest BCUT2D eigenvalue weighted by atomic mass is 10.0. The largest absolute Gasteiger partial charge is 0.396 e. The summed E-state index contributed by atoms with van der Waals surface area (Å²) in [4.78, 5) is -0.0851. The number of hydrogen-bond acceptors (Lipinski definition) is 4. The molecular formula is C12H18Cl2N2O3S. The second-order valence-corrected chi connectivity index (χ2v) is 7.19. The fourth-order valence-corrected chi connectivity index (χ4v) is 3.19. The van der Waals surface area contributed by atoms with Crippen molar-refractivity contribution in [1.29, 1.82) is 0 Å². The molecule has 0 saturated heterocycles. The topological polar surface area (TPSA) is 92.4 Å². The first-order valence-electron chi connectivity index (χ1n) is 6.11. The maximum atomic E-state index is 12.1. The van der Waals surface area contributed by atoms with E-state index in [1.807, 2.05) is 13.8 Å². The van der Waals surface area contributed by atoms with Crippen LogP contribution in [0.5, 0.6) is 0 Å². The van der Waals surface area contributed by atoms with Gasteiger partial charge in [-0.1, -0.05) is 43.5 Å². The quantitative estimate of drug-likeness (QED) is 0.692. The molecule has 8 heteroatoms. The number of aliphatic hydroxyl groups excluding tert-OH is 1. The Morgan fingerprint density at radius 1 is 1.35 bits per heavy atom. The van der Waals surface area contributed by atoms with Crippen LogP contribution in [0.2, 0.25) is 10.0 Å². The number of rotatable bonds is 6. The molecule has 0 saturated carbocycles. The van der Waals surface area contributed by atoms with Crippen LogP contribution in [0.15, 0.2) is 17.0 Å². The van der Waals surface area contributed by atoms with Crippen LogP contribution in [0.1, 0.15) is 20.3 Å². The van der Waals surface area contributed by atoms with Gasteiger partial charge < -0.3 is 10.8 Å². The highest BCUT2D eigenvalue weighted by Crippen LogP contribution is 2.30. The van der Waals surface area contributed by atoms with E-state index in [-0.39, 0.29) is 33.1 Å². The number of aliphatic hydroxyl groups is 1. The van der Waals surface area contributed by atoms with E-state index >= 15 is 0 Å². The van der Waals surface area contributed by atoms with Crippen molar-refractivity contribution in [2.75, 3.05) is 12.3 Å². The van der Waals surface area contributed by atoms with Crippen molar-refractivity contribution in [3.05, 3.63) is 22.2 Å². The molecule has 2 atom stereocenters. The molecule has 0 aliphatic carbocycles. The molecule has 20 heavy (non-hydrogen) atoms. The molecule has 0 radical (unpaired) electrons. The van der Waals surface area contributed by atoms with Crippen LogP contribution < -0.4 is 10.5 Å². The molecule has 0 bridgehead atoms. The lowest BCUT2D eigenvalue weighted by Crippen LogP contribution is -2.35. The lowest BCUT2D eigenvalue weighted by molar-refractivity contribution is 0.118. The zero-order valence-corrected chi connectivity index (χ0v) is 13.6. The Kier molecular flexibility index (Phi) is 6.09. The van der Waals surface area contributed by atoms with Gasteiger partial charge in [0.1, 0.15) is 0 Å². The highest BCUT2D eigenvalue weighted by molar-refractivity contribution is 7.89. The van der Waals surface area contributed by atoms with Gasteiger partial charge in [-0.25, -0.2) is 13.1 Å². The number of halogens is 2. The second kappa shape index (κ2) is 6.95. The minimum Gasteiger partial charge on any atom is -0.396 e. The van der Waals surface area contributed by atoms with Crippen molar-refractivity contribution in [3.63, 3.8) is 0 Å². The fraction of sp³-hybridized carbons (Fsp3) is 0.500. The summed E-state index contributed by atoms with van der Waals surface area (Å²) in [7, 11) is -3.79. The highest BCUT2D eigenvalue weighted by Gasteiger charge is 2.20. The molecule has 5 nitrogen and oxygen atoms in total. The molecule has 4 N–H and O–H groups in total. The van der Waals surface area contributed by atoms with Crippen LogP contribution >= 0.6 is 23.2 Å². The predicted octanol–water partition coefficient (Wildman–Crippen LogP) is 2.26. The number of benzene rings is 1. The summed E-state index contributed by atoms with van der Waals surface area (Å²) in [6.45, 7) is 3.69. The predicted molar refractivity (Wildman–Crippen MR) is 81.5 cm³/mol. The summed E-state index contributed by atoms with van der Waals surface area (Å²) >= 11 is 11.6. The van der Waals surface area contributed by atoms with Gasteiger partial charge in [-0.3, -0.25) is 0 Å². The number of sulfonamides is 1. The monoisotopic (exact) mass is 340 g/mol. The summed E-state index contributed by atoms with van der Waals surface area (Å²) in [5.74, 6) is -0.00343. The van der Waals surface area contributed by atoms with Crippen molar-refractivity contribution < 1.29 is 13.5 Å². The number of nitrogen functional groups attached to an aromatic ring is 1. The van der Waals surface area contributed by atoms with Gasteiger partial charge in [0.2, 0.25) is 10.0 Å². The van der Waals surface area contributed by atoms with Gasteiger partial charge >= 0.3 is 0 Å². The standard InChI is InChI=1S/C12H18Cl2N2O3S/c1-3-7(2)11(17)6-16-20(18,19)8-4-9(13)12(15)10(14)5-8/h4-5,7,11,16-17H,3,6,15H2,1-2H3. The van der Waals surface area contributed by atoms with Crippen molar-refractivity contribution in [2.45, 2.75) is 31.3 Å². The maximum Gasteiger partial charge on any atom is 0.240 e. The van der Waals surface area contributed by atoms with E-state index in [1.54, 1.807) is 0 Å². The summed E-state index contributed by atoms with van der Waals surface area (Å²) in [6.07, 6.45) is -0.00269. The molecule has 1 aromatic carbocycles. The summed E-state index contributed by atoms with van der Waals surface area (Å²) < 4.78 is 26.5. The molecule has 0 amide bonds. The number of nitrogens with two attached hydrogens (primary N) is 1. The second-order valence-electron chi connectivity index (χ2n) is 4.61. The zero-order chi connectivity index (χ0) is 15.5. The van der Waals surface area contributed by atoms with Crippen molar-refractivity contribution in [1.82, 2.24) is 4.72 Å². The van der Waals surface area contributed by atoms with Gasteiger partial charge in [0.25, 0.3) is 0 Å². The summed E-state index contributed by atoms with van der Waals surface area (Å²) in [5, 5.41) is 9.92. The zero-order valence-electron chi connectivity index (χ0n) is 11.2. The molecular weight excluding hydrogens is 323 g/mol. The first kappa shape index (κ1) is 17.5. The van der Waals surface area contributed by atoms with Gasteiger partial charge in [0.15, 0.2) is 0 Å². The molecule has 114 valence electrons. The molecule has 0 heterocycles. The third-order valence-electron chi connectivity index (χ3n) is 3.15. The highest BCUT2D eigenvalue weighted by atomic mass is 35.5. The van der Waals surface area contributed by atoms with Crippen molar-refractivity contribution >= 4 is 38.9 Å². The smallest absolute Gasteiger partial charge is 0.240 e. The molecule has 0 aliphatic heterocycles. The van der Waals surface area contributed by atoms with Crippen LogP contribution in [0.4, 0.5) is 5.69 Å². The molecule has 1 aromatic rings. The third-order valence-corrected chi connectivity index (χ3v) is 5.17. The molecule has 0 aliphatic rings. The first-order valence-corrected chi connectivity index (χ1v) is 8.35. The van der Waals surface area contributed by atoms with Gasteiger partial charge in [0.05, 0.1) is 26.7 Å². The summed E-state index contributed by atoms with van der Waals surface area (Å²) in [5.41, 5.74) is 5.69. The fourth-order valence-electron chi connectivity index (χ4n) is 1.47. The minimum absolute atomic E-state index is 0.00343. The Bertz CT molecular complexity index is 555. The lowest BCUT2D eigenvalue weighted by Gasteiger charge is -2.17. The van der Waals surface area contributed by atoms with Crippen LogP contribution in [0.3, 0.4) is 0 Å². The Hall–Kier alpha value is -0.530. The van der Waals surface area contributed by atoms with E-state index in [9.17, 15) is 13.5 Å². The van der Waals surface area contributed by atoms with Gasteiger partial charge in [-0.05, 0) is 18.1 Å². The van der Waals surface area contributed by atoms with Crippen LogP contribution in [0, 0.1) is 5.92 Å². The molecule has 0 spiro atoms.